The van der Waals surface area contributed by atoms with Crippen molar-refractivity contribution in [1.82, 2.24) is 9.67 Å². The minimum Gasteiger partial charge on any atom is -0.224 e. The molecule has 0 bridgehead atoms. The number of benzene rings is 2. The first kappa shape index (κ1) is 10.5. The fraction of sp³-hybridized carbons (Fsp3) is 0.125. The molecule has 0 amide bonds. The van der Waals surface area contributed by atoms with Crippen LogP contribution in [0.25, 0.3) is 32.7 Å². The van der Waals surface area contributed by atoms with Gasteiger partial charge in [-0.2, -0.15) is 0 Å². The Morgan fingerprint density at radius 2 is 1.79 bits per heavy atom. The quantitative estimate of drug-likeness (QED) is 0.346. The van der Waals surface area contributed by atoms with Crippen molar-refractivity contribution in [3.05, 3.63) is 48.7 Å². The second kappa shape index (κ2) is 3.54. The van der Waals surface area contributed by atoms with E-state index in [0.29, 0.717) is 0 Å². The normalized spacial score (nSPS) is 11.7. The predicted octanol–water partition coefficient (Wildman–Crippen LogP) is 2.70. The lowest BCUT2D eigenvalue weighted by atomic mass is 10.1. The third-order valence-electron chi connectivity index (χ3n) is 3.82. The molecule has 0 saturated heterocycles. The Morgan fingerprint density at radius 1 is 1.00 bits per heavy atom. The molecular weight excluding hydrogens is 234 g/mol. The van der Waals surface area contributed by atoms with E-state index in [2.05, 4.69) is 58.0 Å². The van der Waals surface area contributed by atoms with Gasteiger partial charge in [-0.3, -0.25) is 0 Å². The molecule has 0 aliphatic rings. The summed E-state index contributed by atoms with van der Waals surface area (Å²) in [7, 11) is 4.07. The van der Waals surface area contributed by atoms with Crippen molar-refractivity contribution in [1.29, 1.82) is 0 Å². The van der Waals surface area contributed by atoms with Crippen LogP contribution < -0.4 is 4.68 Å². The van der Waals surface area contributed by atoms with Crippen LogP contribution in [-0.2, 0) is 14.1 Å². The summed E-state index contributed by atoms with van der Waals surface area (Å²) in [5.74, 6) is 0. The summed E-state index contributed by atoms with van der Waals surface area (Å²) in [4.78, 5) is 4.87. The minimum absolute atomic E-state index is 1.02. The van der Waals surface area contributed by atoms with E-state index in [1.54, 1.807) is 0 Å². The first-order valence-electron chi connectivity index (χ1n) is 6.38. The van der Waals surface area contributed by atoms with Gasteiger partial charge in [-0.1, -0.05) is 36.4 Å². The SMILES string of the molecule is Cn1c2nc3c(ccc4ccccc43)cc2c[n+]1C. The molecule has 3 heteroatoms. The highest BCUT2D eigenvalue weighted by atomic mass is 15.4. The molecule has 4 rings (SSSR count). The second-order valence-electron chi connectivity index (χ2n) is 4.99. The molecule has 0 N–H and O–H groups in total. The molecule has 0 saturated carbocycles. The fourth-order valence-electron chi connectivity index (χ4n) is 2.71. The Bertz CT molecular complexity index is 935. The Morgan fingerprint density at radius 3 is 2.68 bits per heavy atom. The minimum atomic E-state index is 1.02. The number of hydrogen-bond donors (Lipinski definition) is 0. The van der Waals surface area contributed by atoms with Crippen molar-refractivity contribution in [3.63, 3.8) is 0 Å². The van der Waals surface area contributed by atoms with Gasteiger partial charge in [0.25, 0.3) is 0 Å². The van der Waals surface area contributed by atoms with Crippen LogP contribution >= 0.6 is 0 Å². The number of pyridine rings is 1. The summed E-state index contributed by atoms with van der Waals surface area (Å²) in [6.45, 7) is 0. The van der Waals surface area contributed by atoms with Crippen LogP contribution in [0.2, 0.25) is 0 Å². The van der Waals surface area contributed by atoms with Gasteiger partial charge in [0, 0.05) is 10.8 Å². The monoisotopic (exact) mass is 248 g/mol. The van der Waals surface area contributed by atoms with Crippen molar-refractivity contribution in [2.75, 3.05) is 0 Å². The molecular formula is C16H14N3+. The zero-order valence-electron chi connectivity index (χ0n) is 11.0. The largest absolute Gasteiger partial charge is 0.224 e. The molecule has 0 aliphatic heterocycles. The van der Waals surface area contributed by atoms with Gasteiger partial charge in [0.2, 0.25) is 11.8 Å². The number of aryl methyl sites for hydroxylation is 2. The van der Waals surface area contributed by atoms with Gasteiger partial charge in [-0.15, -0.1) is 9.36 Å². The van der Waals surface area contributed by atoms with Crippen LogP contribution in [0.15, 0.2) is 48.7 Å². The summed E-state index contributed by atoms with van der Waals surface area (Å²) in [6.07, 6.45) is 2.11. The second-order valence-corrected chi connectivity index (χ2v) is 4.99. The molecule has 0 atom stereocenters. The summed E-state index contributed by atoms with van der Waals surface area (Å²) in [5.41, 5.74) is 2.10. The summed E-state index contributed by atoms with van der Waals surface area (Å²) >= 11 is 0. The third-order valence-corrected chi connectivity index (χ3v) is 3.82. The van der Waals surface area contributed by atoms with Gasteiger partial charge in [0.1, 0.15) is 0 Å². The van der Waals surface area contributed by atoms with Crippen molar-refractivity contribution in [2.24, 2.45) is 14.1 Å². The fourth-order valence-corrected chi connectivity index (χ4v) is 2.71. The smallest absolute Gasteiger partial charge is 0.204 e. The Kier molecular flexibility index (Phi) is 1.96. The number of rotatable bonds is 0. The van der Waals surface area contributed by atoms with Crippen LogP contribution in [0.5, 0.6) is 0 Å². The van der Waals surface area contributed by atoms with E-state index in [1.807, 2.05) is 14.1 Å². The van der Waals surface area contributed by atoms with E-state index in [4.69, 9.17) is 4.98 Å². The van der Waals surface area contributed by atoms with E-state index in [-0.39, 0.29) is 0 Å². The van der Waals surface area contributed by atoms with E-state index in [0.717, 1.165) is 11.2 Å². The molecule has 0 fully saturated rings. The van der Waals surface area contributed by atoms with Gasteiger partial charge in [0.15, 0.2) is 7.05 Å². The van der Waals surface area contributed by atoms with E-state index < -0.39 is 0 Å². The standard InChI is InChI=1S/C16H14N3/c1-18-10-13-9-12-8-7-11-5-3-4-6-14(11)15(12)17-16(13)19(18)2/h3-10H,1-2H3/q+1. The third kappa shape index (κ3) is 1.38. The highest BCUT2D eigenvalue weighted by molar-refractivity contribution is 6.07. The van der Waals surface area contributed by atoms with Gasteiger partial charge in [-0.25, -0.2) is 4.98 Å². The van der Waals surface area contributed by atoms with Crippen LogP contribution in [0, 0.1) is 0 Å². The topological polar surface area (TPSA) is 21.7 Å². The zero-order valence-corrected chi connectivity index (χ0v) is 11.0. The maximum Gasteiger partial charge on any atom is 0.204 e. The van der Waals surface area contributed by atoms with Crippen LogP contribution in [-0.4, -0.2) is 9.67 Å². The summed E-state index contributed by atoms with van der Waals surface area (Å²) in [6, 6.07) is 14.9. The molecule has 2 heterocycles. The maximum absolute atomic E-state index is 4.87. The molecule has 92 valence electrons. The first-order chi connectivity index (χ1) is 9.24. The average molecular weight is 248 g/mol. The number of nitrogens with zero attached hydrogens (tertiary/aromatic N) is 3. The van der Waals surface area contributed by atoms with Gasteiger partial charge in [0.05, 0.1) is 18.0 Å². The molecule has 3 nitrogen and oxygen atoms in total. The summed E-state index contributed by atoms with van der Waals surface area (Å²) < 4.78 is 4.12. The number of aromatic nitrogens is 3. The van der Waals surface area contributed by atoms with Gasteiger partial charge in [-0.05, 0) is 11.5 Å². The van der Waals surface area contributed by atoms with Crippen molar-refractivity contribution < 1.29 is 4.68 Å². The number of fused-ring (bicyclic) bond motifs is 4. The Hall–Kier alpha value is -2.42. The van der Waals surface area contributed by atoms with Crippen LogP contribution in [0.4, 0.5) is 0 Å². The van der Waals surface area contributed by atoms with Crippen molar-refractivity contribution >= 4 is 32.7 Å². The van der Waals surface area contributed by atoms with Crippen LogP contribution in [0.1, 0.15) is 0 Å². The molecule has 0 unspecified atom stereocenters. The highest BCUT2D eigenvalue weighted by Gasteiger charge is 2.12. The molecule has 2 aromatic heterocycles. The lowest BCUT2D eigenvalue weighted by Gasteiger charge is -2.02. The van der Waals surface area contributed by atoms with Gasteiger partial charge < -0.3 is 0 Å². The number of hydrogen-bond acceptors (Lipinski definition) is 1. The highest BCUT2D eigenvalue weighted by Crippen LogP contribution is 2.26. The molecule has 2 aromatic carbocycles. The zero-order chi connectivity index (χ0) is 13.0. The lowest BCUT2D eigenvalue weighted by Crippen LogP contribution is -2.36. The molecule has 0 radical (unpaired) electrons. The lowest BCUT2D eigenvalue weighted by molar-refractivity contribution is -0.748. The summed E-state index contributed by atoms with van der Waals surface area (Å²) in [5, 5.41) is 4.82. The molecule has 19 heavy (non-hydrogen) atoms. The Balaban J connectivity index is 2.27. The van der Waals surface area contributed by atoms with E-state index in [9.17, 15) is 0 Å². The molecule has 0 aliphatic carbocycles. The Labute approximate surface area is 110 Å². The molecule has 0 spiro atoms. The van der Waals surface area contributed by atoms with Gasteiger partial charge >= 0.3 is 0 Å². The van der Waals surface area contributed by atoms with Crippen LogP contribution in [0.3, 0.4) is 0 Å². The average Bonchev–Trinajstić information content (AvgIpc) is 2.72. The predicted molar refractivity (Wildman–Crippen MR) is 76.9 cm³/mol. The maximum atomic E-state index is 4.87. The van der Waals surface area contributed by atoms with Crippen molar-refractivity contribution in [3.8, 4) is 0 Å². The van der Waals surface area contributed by atoms with E-state index >= 15 is 0 Å². The van der Waals surface area contributed by atoms with E-state index in [1.165, 1.54) is 21.5 Å². The first-order valence-corrected chi connectivity index (χ1v) is 6.38. The van der Waals surface area contributed by atoms with Crippen molar-refractivity contribution in [2.45, 2.75) is 0 Å². The molecule has 4 aromatic rings.